The molecule has 7 nitrogen and oxygen atoms in total. The molecule has 2 bridgehead atoms. The van der Waals surface area contributed by atoms with E-state index in [0.29, 0.717) is 30.6 Å². The van der Waals surface area contributed by atoms with E-state index in [2.05, 4.69) is 0 Å². The Bertz CT molecular complexity index is 1030. The molecule has 1 aromatic heterocycles. The maximum absolute atomic E-state index is 13.0. The van der Waals surface area contributed by atoms with E-state index < -0.39 is 10.0 Å². The van der Waals surface area contributed by atoms with Gasteiger partial charge in [-0.15, -0.1) is 0 Å². The van der Waals surface area contributed by atoms with E-state index in [1.807, 2.05) is 0 Å². The summed E-state index contributed by atoms with van der Waals surface area (Å²) in [5, 5.41) is 0.435. The minimum absolute atomic E-state index is 0.00663. The van der Waals surface area contributed by atoms with E-state index in [0.717, 1.165) is 12.8 Å². The average molecular weight is 376 g/mol. The van der Waals surface area contributed by atoms with Crippen molar-refractivity contribution in [3.05, 3.63) is 46.3 Å². The van der Waals surface area contributed by atoms with Crippen molar-refractivity contribution in [1.82, 2.24) is 9.21 Å². The van der Waals surface area contributed by atoms with E-state index in [1.165, 1.54) is 16.6 Å². The number of piperidine rings is 1. The van der Waals surface area contributed by atoms with Gasteiger partial charge in [-0.1, -0.05) is 12.1 Å². The number of nitrogens with zero attached hydrogens (tertiary/aromatic N) is 2. The number of benzene rings is 1. The SMILES string of the molecule is CS(=O)(=O)N1C[C@@H]2CC[C@H](C1)N(C(=O)c1cc(=O)c3ccccc3o1)C2. The van der Waals surface area contributed by atoms with Gasteiger partial charge in [0, 0.05) is 31.7 Å². The van der Waals surface area contributed by atoms with Gasteiger partial charge in [0.2, 0.25) is 10.0 Å². The zero-order chi connectivity index (χ0) is 18.5. The third-order valence-corrected chi connectivity index (χ3v) is 6.49. The first-order valence-electron chi connectivity index (χ1n) is 8.62. The fourth-order valence-electron chi connectivity index (χ4n) is 3.91. The largest absolute Gasteiger partial charge is 0.451 e. The Morgan fingerprint density at radius 3 is 2.69 bits per heavy atom. The van der Waals surface area contributed by atoms with Crippen LogP contribution in [0.15, 0.2) is 39.5 Å². The van der Waals surface area contributed by atoms with Crippen LogP contribution in [0.5, 0.6) is 0 Å². The highest BCUT2D eigenvalue weighted by Gasteiger charge is 2.40. The quantitative estimate of drug-likeness (QED) is 0.788. The highest BCUT2D eigenvalue weighted by Crippen LogP contribution is 2.30. The zero-order valence-corrected chi connectivity index (χ0v) is 15.2. The molecule has 138 valence electrons. The van der Waals surface area contributed by atoms with Crippen molar-refractivity contribution in [3.63, 3.8) is 0 Å². The fourth-order valence-corrected chi connectivity index (χ4v) is 4.83. The molecule has 0 saturated carbocycles. The van der Waals surface area contributed by atoms with Gasteiger partial charge in [0.1, 0.15) is 5.58 Å². The van der Waals surface area contributed by atoms with Crippen molar-refractivity contribution >= 4 is 26.9 Å². The van der Waals surface area contributed by atoms with Crippen LogP contribution in [0.1, 0.15) is 23.4 Å². The Kier molecular flexibility index (Phi) is 4.11. The third kappa shape index (κ3) is 3.03. The molecule has 4 heterocycles. The van der Waals surface area contributed by atoms with Gasteiger partial charge < -0.3 is 9.32 Å². The molecular formula is C18H20N2O5S. The van der Waals surface area contributed by atoms with Crippen LogP contribution in [-0.4, -0.2) is 55.5 Å². The fraction of sp³-hybridized carbons (Fsp3) is 0.444. The lowest BCUT2D eigenvalue weighted by atomic mass is 9.95. The maximum atomic E-state index is 13.0. The topological polar surface area (TPSA) is 87.9 Å². The van der Waals surface area contributed by atoms with Gasteiger partial charge >= 0.3 is 0 Å². The molecule has 3 aliphatic heterocycles. The van der Waals surface area contributed by atoms with Crippen molar-refractivity contribution in [2.45, 2.75) is 18.9 Å². The maximum Gasteiger partial charge on any atom is 0.290 e. The number of amides is 1. The predicted molar refractivity (Wildman–Crippen MR) is 96.4 cm³/mol. The van der Waals surface area contributed by atoms with Crippen LogP contribution in [0.25, 0.3) is 11.0 Å². The molecule has 3 aliphatic rings. The van der Waals surface area contributed by atoms with Gasteiger partial charge in [-0.25, -0.2) is 8.42 Å². The van der Waals surface area contributed by atoms with Gasteiger partial charge in [-0.2, -0.15) is 4.31 Å². The van der Waals surface area contributed by atoms with Crippen LogP contribution in [0.3, 0.4) is 0 Å². The van der Waals surface area contributed by atoms with Gasteiger partial charge in [-0.3, -0.25) is 9.59 Å². The first kappa shape index (κ1) is 17.2. The van der Waals surface area contributed by atoms with E-state index in [4.69, 9.17) is 4.42 Å². The lowest BCUT2D eigenvalue weighted by molar-refractivity contribution is 0.0557. The van der Waals surface area contributed by atoms with Crippen LogP contribution >= 0.6 is 0 Å². The number of hydrogen-bond donors (Lipinski definition) is 0. The standard InChI is InChI=1S/C18H20N2O5S/c1-26(23,24)19-9-12-6-7-13(11-19)20(10-12)18(22)17-8-15(21)14-4-2-3-5-16(14)25-17/h2-5,8,12-13H,6-7,9-11H2,1H3/t12-,13+/m0/s1. The molecule has 0 unspecified atom stereocenters. The summed E-state index contributed by atoms with van der Waals surface area (Å²) in [6, 6.07) is 7.84. The van der Waals surface area contributed by atoms with Gasteiger partial charge in [-0.05, 0) is 30.9 Å². The molecule has 3 fully saturated rings. The molecular weight excluding hydrogens is 356 g/mol. The molecule has 26 heavy (non-hydrogen) atoms. The van der Waals surface area contributed by atoms with E-state index in [1.54, 1.807) is 29.2 Å². The lowest BCUT2D eigenvalue weighted by Crippen LogP contribution is -2.47. The third-order valence-electron chi connectivity index (χ3n) is 5.26. The van der Waals surface area contributed by atoms with Crippen molar-refractivity contribution in [2.75, 3.05) is 25.9 Å². The second-order valence-electron chi connectivity index (χ2n) is 7.11. The number of para-hydroxylation sites is 1. The Labute approximate surface area is 151 Å². The minimum Gasteiger partial charge on any atom is -0.451 e. The van der Waals surface area contributed by atoms with Crippen LogP contribution in [0, 0.1) is 5.92 Å². The van der Waals surface area contributed by atoms with Crippen LogP contribution < -0.4 is 5.43 Å². The second kappa shape index (κ2) is 6.21. The smallest absolute Gasteiger partial charge is 0.290 e. The molecule has 0 radical (unpaired) electrons. The van der Waals surface area contributed by atoms with Gasteiger partial charge in [0.25, 0.3) is 5.91 Å². The second-order valence-corrected chi connectivity index (χ2v) is 9.09. The molecule has 0 N–H and O–H groups in total. The summed E-state index contributed by atoms with van der Waals surface area (Å²) in [5.74, 6) is -0.246. The summed E-state index contributed by atoms with van der Waals surface area (Å²) in [7, 11) is -3.30. The minimum atomic E-state index is -3.30. The van der Waals surface area contributed by atoms with Gasteiger partial charge in [0.05, 0.1) is 11.6 Å². The highest BCUT2D eigenvalue weighted by molar-refractivity contribution is 7.88. The van der Waals surface area contributed by atoms with E-state index in [9.17, 15) is 18.0 Å². The van der Waals surface area contributed by atoms with Crippen molar-refractivity contribution in [3.8, 4) is 0 Å². The molecule has 0 aliphatic carbocycles. The van der Waals surface area contributed by atoms with Crippen molar-refractivity contribution in [1.29, 1.82) is 0 Å². The number of carbonyl (C=O) groups excluding carboxylic acids is 1. The Morgan fingerprint density at radius 2 is 1.92 bits per heavy atom. The number of sulfonamides is 1. The van der Waals surface area contributed by atoms with Crippen LogP contribution in [-0.2, 0) is 10.0 Å². The average Bonchev–Trinajstić information content (AvgIpc) is 2.93. The summed E-state index contributed by atoms with van der Waals surface area (Å²) in [4.78, 5) is 27.0. The van der Waals surface area contributed by atoms with E-state index in [-0.39, 0.29) is 29.1 Å². The molecule has 5 rings (SSSR count). The summed E-state index contributed by atoms with van der Waals surface area (Å²) < 4.78 is 31.1. The van der Waals surface area contributed by atoms with Crippen LogP contribution in [0.2, 0.25) is 0 Å². The van der Waals surface area contributed by atoms with Gasteiger partial charge in [0.15, 0.2) is 11.2 Å². The summed E-state index contributed by atoms with van der Waals surface area (Å²) in [6.45, 7) is 1.20. The monoisotopic (exact) mass is 376 g/mol. The molecule has 2 aromatic rings. The Balaban J connectivity index is 1.68. The predicted octanol–water partition coefficient (Wildman–Crippen LogP) is 1.29. The Hall–Kier alpha value is -2.19. The first-order valence-corrected chi connectivity index (χ1v) is 10.5. The number of hydrogen-bond acceptors (Lipinski definition) is 5. The Morgan fingerprint density at radius 1 is 1.15 bits per heavy atom. The summed E-state index contributed by atoms with van der Waals surface area (Å²) in [6.07, 6.45) is 2.84. The molecule has 8 heteroatoms. The van der Waals surface area contributed by atoms with Crippen LogP contribution in [0.4, 0.5) is 0 Å². The molecule has 2 atom stereocenters. The normalized spacial score (nSPS) is 24.0. The molecule has 1 amide bonds. The van der Waals surface area contributed by atoms with E-state index >= 15 is 0 Å². The molecule has 3 saturated heterocycles. The van der Waals surface area contributed by atoms with Crippen molar-refractivity contribution in [2.24, 2.45) is 5.92 Å². The number of fused-ring (bicyclic) bond motifs is 5. The lowest BCUT2D eigenvalue weighted by Gasteiger charge is -2.35. The highest BCUT2D eigenvalue weighted by atomic mass is 32.2. The number of carbonyl (C=O) groups is 1. The zero-order valence-electron chi connectivity index (χ0n) is 14.4. The number of rotatable bonds is 2. The summed E-state index contributed by atoms with van der Waals surface area (Å²) in [5.41, 5.74) is 0.119. The molecule has 1 aromatic carbocycles. The first-order chi connectivity index (χ1) is 12.3. The molecule has 0 spiro atoms. The van der Waals surface area contributed by atoms with Crippen molar-refractivity contribution < 1.29 is 17.6 Å². The summed E-state index contributed by atoms with van der Waals surface area (Å²) >= 11 is 0.